The highest BCUT2D eigenvalue weighted by atomic mass is 16.3. The maximum atomic E-state index is 12.5. The molecule has 0 radical (unpaired) electrons. The number of carbonyl (C=O) groups excluding carboxylic acids is 1. The van der Waals surface area contributed by atoms with E-state index in [1.807, 2.05) is 0 Å². The fraction of sp³-hybridized carbons (Fsp3) is 0.823. The number of nitrogens with one attached hydrogen (secondary N) is 1. The van der Waals surface area contributed by atoms with E-state index in [4.69, 9.17) is 0 Å². The number of hydrogen-bond donors (Lipinski definition) is 3. The number of allylic oxidation sites excluding steroid dienone is 10. The van der Waals surface area contributed by atoms with Gasteiger partial charge in [-0.05, 0) is 57.8 Å². The Morgan fingerprint density at radius 3 is 1.00 bits per heavy atom. The van der Waals surface area contributed by atoms with Crippen molar-refractivity contribution in [1.29, 1.82) is 0 Å². The summed E-state index contributed by atoms with van der Waals surface area (Å²) in [4.78, 5) is 12.5. The summed E-state index contributed by atoms with van der Waals surface area (Å²) in [6.45, 7) is 4.26. The lowest BCUT2D eigenvalue weighted by molar-refractivity contribution is -0.123. The van der Waals surface area contributed by atoms with Crippen LogP contribution < -0.4 is 5.32 Å². The summed E-state index contributed by atoms with van der Waals surface area (Å²) < 4.78 is 0. The molecular weight excluding hydrogens is 807 g/mol. The zero-order valence-electron chi connectivity index (χ0n) is 44.5. The predicted octanol–water partition coefficient (Wildman–Crippen LogP) is 19.6. The molecular formula is C62H115NO3. The predicted molar refractivity (Wildman–Crippen MR) is 294 cm³/mol. The third kappa shape index (κ3) is 53.1. The molecule has 0 aromatic rings. The van der Waals surface area contributed by atoms with Crippen molar-refractivity contribution in [3.63, 3.8) is 0 Å². The van der Waals surface area contributed by atoms with Gasteiger partial charge >= 0.3 is 0 Å². The third-order valence-electron chi connectivity index (χ3n) is 13.5. The number of hydrogen-bond acceptors (Lipinski definition) is 3. The molecule has 0 heterocycles. The second-order valence-corrected chi connectivity index (χ2v) is 20.0. The van der Waals surface area contributed by atoms with Crippen molar-refractivity contribution in [1.82, 2.24) is 5.32 Å². The normalized spacial score (nSPS) is 13.2. The van der Waals surface area contributed by atoms with Crippen molar-refractivity contribution in [3.05, 3.63) is 60.8 Å². The van der Waals surface area contributed by atoms with Crippen LogP contribution in [0.2, 0.25) is 0 Å². The Kier molecular flexibility index (Phi) is 55.7. The molecule has 2 unspecified atom stereocenters. The van der Waals surface area contributed by atoms with E-state index in [2.05, 4.69) is 79.9 Å². The number of aliphatic hydroxyl groups is 2. The maximum Gasteiger partial charge on any atom is 0.220 e. The zero-order chi connectivity index (χ0) is 47.7. The molecule has 4 nitrogen and oxygen atoms in total. The van der Waals surface area contributed by atoms with Crippen molar-refractivity contribution in [2.75, 3.05) is 6.61 Å². The Bertz CT molecular complexity index is 1090. The van der Waals surface area contributed by atoms with Gasteiger partial charge in [0.15, 0.2) is 0 Å². The molecule has 0 fully saturated rings. The Labute approximate surface area is 413 Å². The Morgan fingerprint density at radius 1 is 0.379 bits per heavy atom. The van der Waals surface area contributed by atoms with E-state index >= 15 is 0 Å². The lowest BCUT2D eigenvalue weighted by atomic mass is 10.0. The van der Waals surface area contributed by atoms with Gasteiger partial charge in [-0.3, -0.25) is 4.79 Å². The van der Waals surface area contributed by atoms with Crippen molar-refractivity contribution in [3.8, 4) is 0 Å². The highest BCUT2D eigenvalue weighted by molar-refractivity contribution is 5.76. The molecule has 0 saturated heterocycles. The van der Waals surface area contributed by atoms with E-state index in [1.54, 1.807) is 0 Å². The van der Waals surface area contributed by atoms with Crippen LogP contribution in [0, 0.1) is 0 Å². The van der Waals surface area contributed by atoms with Gasteiger partial charge in [-0.1, -0.05) is 306 Å². The fourth-order valence-corrected chi connectivity index (χ4v) is 9.10. The van der Waals surface area contributed by atoms with Crippen LogP contribution >= 0.6 is 0 Å². The summed E-state index contributed by atoms with van der Waals surface area (Å²) >= 11 is 0. The first-order chi connectivity index (χ1) is 32.7. The summed E-state index contributed by atoms with van der Waals surface area (Å²) in [5.74, 6) is -0.0268. The summed E-state index contributed by atoms with van der Waals surface area (Å²) in [6.07, 6.45) is 80.9. The lowest BCUT2D eigenvalue weighted by Gasteiger charge is -2.22. The summed E-state index contributed by atoms with van der Waals surface area (Å²) in [5.41, 5.74) is 0. The third-order valence-corrected chi connectivity index (χ3v) is 13.5. The molecule has 1 amide bonds. The van der Waals surface area contributed by atoms with Gasteiger partial charge in [-0.2, -0.15) is 0 Å². The van der Waals surface area contributed by atoms with E-state index in [0.29, 0.717) is 12.8 Å². The van der Waals surface area contributed by atoms with E-state index < -0.39 is 12.1 Å². The van der Waals surface area contributed by atoms with Crippen LogP contribution in [-0.2, 0) is 4.79 Å². The highest BCUT2D eigenvalue weighted by Crippen LogP contribution is 2.18. The molecule has 4 heteroatoms. The van der Waals surface area contributed by atoms with Gasteiger partial charge in [0.2, 0.25) is 5.91 Å². The van der Waals surface area contributed by atoms with Gasteiger partial charge < -0.3 is 15.5 Å². The second kappa shape index (κ2) is 57.4. The van der Waals surface area contributed by atoms with Gasteiger partial charge in [0.1, 0.15) is 0 Å². The summed E-state index contributed by atoms with van der Waals surface area (Å²) in [7, 11) is 0. The van der Waals surface area contributed by atoms with Crippen LogP contribution in [0.4, 0.5) is 0 Å². The number of carbonyl (C=O) groups is 1. The number of aliphatic hydroxyl groups excluding tert-OH is 2. The first-order valence-electron chi connectivity index (χ1n) is 29.5. The monoisotopic (exact) mass is 922 g/mol. The first-order valence-corrected chi connectivity index (χ1v) is 29.5. The number of unbranched alkanes of at least 4 members (excludes halogenated alkanes) is 37. The molecule has 0 spiro atoms. The minimum atomic E-state index is -0.658. The van der Waals surface area contributed by atoms with Crippen LogP contribution in [0.5, 0.6) is 0 Å². The van der Waals surface area contributed by atoms with Crippen LogP contribution in [0.3, 0.4) is 0 Å². The van der Waals surface area contributed by atoms with Crippen LogP contribution in [0.1, 0.15) is 309 Å². The topological polar surface area (TPSA) is 69.6 Å². The van der Waals surface area contributed by atoms with Crippen molar-refractivity contribution < 1.29 is 15.0 Å². The van der Waals surface area contributed by atoms with Gasteiger partial charge in [0.05, 0.1) is 18.8 Å². The lowest BCUT2D eigenvalue weighted by Crippen LogP contribution is -2.45. The Balaban J connectivity index is 3.39. The van der Waals surface area contributed by atoms with Crippen molar-refractivity contribution in [2.24, 2.45) is 0 Å². The molecule has 0 saturated carbocycles. The molecule has 386 valence electrons. The van der Waals surface area contributed by atoms with E-state index in [0.717, 1.165) is 57.8 Å². The van der Waals surface area contributed by atoms with Gasteiger partial charge in [0, 0.05) is 6.42 Å². The van der Waals surface area contributed by atoms with Gasteiger partial charge in [-0.15, -0.1) is 0 Å². The molecule has 0 aromatic carbocycles. The molecule has 0 aromatic heterocycles. The quantitative estimate of drug-likeness (QED) is 0.0420. The standard InChI is InChI=1S/C62H115NO3/c1-3-5-7-9-11-13-15-17-19-20-21-22-23-24-25-26-27-28-29-30-31-32-33-34-35-36-37-38-39-40-41-42-44-46-48-50-52-54-56-58-62(66)63-60(59-64)61(65)57-55-53-51-49-47-45-43-18-16-14-12-10-8-6-4-2/h5,7,11,13,17,19,21-22,24-25,60-61,64-65H,3-4,6,8-10,12,14-16,18,20,23,26-59H2,1-2H3,(H,63,66)/b7-5-,13-11-,19-17-,22-21-,25-24-. The minimum Gasteiger partial charge on any atom is -0.394 e. The molecule has 0 rings (SSSR count). The van der Waals surface area contributed by atoms with Crippen molar-refractivity contribution in [2.45, 2.75) is 321 Å². The molecule has 0 aliphatic heterocycles. The maximum absolute atomic E-state index is 12.5. The molecule has 0 aliphatic carbocycles. The Morgan fingerprint density at radius 2 is 0.667 bits per heavy atom. The van der Waals surface area contributed by atoms with Crippen LogP contribution in [-0.4, -0.2) is 34.9 Å². The number of rotatable bonds is 54. The average molecular weight is 923 g/mol. The molecule has 3 N–H and O–H groups in total. The summed E-state index contributed by atoms with van der Waals surface area (Å²) in [6, 6.07) is -0.535. The van der Waals surface area contributed by atoms with Crippen molar-refractivity contribution >= 4 is 5.91 Å². The fourth-order valence-electron chi connectivity index (χ4n) is 9.10. The first kappa shape index (κ1) is 64.1. The van der Waals surface area contributed by atoms with E-state index in [9.17, 15) is 15.0 Å². The molecule has 0 aliphatic rings. The van der Waals surface area contributed by atoms with E-state index in [-0.39, 0.29) is 12.5 Å². The molecule has 66 heavy (non-hydrogen) atoms. The van der Waals surface area contributed by atoms with E-state index in [1.165, 1.54) is 225 Å². The van der Waals surface area contributed by atoms with Crippen LogP contribution in [0.15, 0.2) is 60.8 Å². The van der Waals surface area contributed by atoms with Gasteiger partial charge in [0.25, 0.3) is 0 Å². The number of amides is 1. The molecule has 0 bridgehead atoms. The summed E-state index contributed by atoms with van der Waals surface area (Å²) in [5, 5.41) is 23.3. The average Bonchev–Trinajstić information content (AvgIpc) is 3.32. The smallest absolute Gasteiger partial charge is 0.220 e. The largest absolute Gasteiger partial charge is 0.394 e. The van der Waals surface area contributed by atoms with Crippen LogP contribution in [0.25, 0.3) is 0 Å². The SMILES string of the molecule is CC/C=C\C/C=C\C/C=C\C/C=C\C/C=C\CCCCCCCCCCCCCCCCCCCCCCCCCC(=O)NC(CO)C(O)CCCCCCCCCCCCCCCCC. The molecule has 2 atom stereocenters. The highest BCUT2D eigenvalue weighted by Gasteiger charge is 2.20. The second-order valence-electron chi connectivity index (χ2n) is 20.0. The zero-order valence-corrected chi connectivity index (χ0v) is 44.5. The minimum absolute atomic E-state index is 0.0268. The Hall–Kier alpha value is -1.91. The van der Waals surface area contributed by atoms with Gasteiger partial charge in [-0.25, -0.2) is 0 Å².